The van der Waals surface area contributed by atoms with Gasteiger partial charge < -0.3 is 10.2 Å². The molecule has 1 aliphatic carbocycles. The predicted octanol–water partition coefficient (Wildman–Crippen LogP) is 4.50. The third-order valence-electron chi connectivity index (χ3n) is 5.39. The molecule has 5 nitrogen and oxygen atoms in total. The lowest BCUT2D eigenvalue weighted by Gasteiger charge is -2.28. The van der Waals surface area contributed by atoms with Gasteiger partial charge in [-0.3, -0.25) is 9.48 Å². The van der Waals surface area contributed by atoms with Crippen LogP contribution in [0.1, 0.15) is 29.5 Å². The Morgan fingerprint density at radius 3 is 2.60 bits per heavy atom. The average Bonchev–Trinajstić information content (AvgIpc) is 3.23. The molecular weight excluding hydrogens is 397 g/mol. The van der Waals surface area contributed by atoms with Crippen LogP contribution in [0.5, 0.6) is 0 Å². The summed E-state index contributed by atoms with van der Waals surface area (Å²) in [6.45, 7) is 2.06. The Labute approximate surface area is 170 Å². The topological polar surface area (TPSA) is 75.4 Å². The second kappa shape index (κ2) is 6.98. The van der Waals surface area contributed by atoms with E-state index in [2.05, 4.69) is 5.10 Å². The van der Waals surface area contributed by atoms with Crippen molar-refractivity contribution in [1.29, 1.82) is 0 Å². The van der Waals surface area contributed by atoms with E-state index >= 15 is 0 Å². The minimum atomic E-state index is -4.89. The van der Waals surface area contributed by atoms with Crippen LogP contribution in [-0.4, -0.2) is 32.1 Å². The molecule has 0 bridgehead atoms. The highest BCUT2D eigenvalue weighted by molar-refractivity contribution is 5.92. The van der Waals surface area contributed by atoms with E-state index in [0.717, 1.165) is 0 Å². The number of alkyl halides is 3. The molecule has 1 aromatic heterocycles. The zero-order valence-corrected chi connectivity index (χ0v) is 16.1. The summed E-state index contributed by atoms with van der Waals surface area (Å²) in [6, 6.07) is 9.16. The van der Waals surface area contributed by atoms with Crippen LogP contribution in [0.2, 0.25) is 0 Å². The number of aliphatic hydroxyl groups is 1. The van der Waals surface area contributed by atoms with Gasteiger partial charge in [0, 0.05) is 35.9 Å². The third-order valence-corrected chi connectivity index (χ3v) is 5.39. The van der Waals surface area contributed by atoms with E-state index in [4.69, 9.17) is 5.11 Å². The zero-order chi connectivity index (χ0) is 21.7. The van der Waals surface area contributed by atoms with Crippen molar-refractivity contribution in [1.82, 2.24) is 9.78 Å². The van der Waals surface area contributed by atoms with Gasteiger partial charge in [-0.15, -0.1) is 0 Å². The molecule has 0 fully saturated rings. The van der Waals surface area contributed by atoms with Gasteiger partial charge in [0.15, 0.2) is 0 Å². The van der Waals surface area contributed by atoms with Crippen LogP contribution in [0, 0.1) is 6.92 Å². The van der Waals surface area contributed by atoms with Crippen molar-refractivity contribution < 1.29 is 28.2 Å². The number of halogens is 3. The molecule has 2 aromatic carbocycles. The van der Waals surface area contributed by atoms with Gasteiger partial charge in [0.25, 0.3) is 0 Å². The first kappa shape index (κ1) is 20.2. The smallest absolute Gasteiger partial charge is 0.425 e. The molecule has 0 amide bonds. The van der Waals surface area contributed by atoms with E-state index in [0.29, 0.717) is 40.8 Å². The van der Waals surface area contributed by atoms with Gasteiger partial charge >= 0.3 is 12.1 Å². The number of hydrogen-bond donors (Lipinski definition) is 2. The van der Waals surface area contributed by atoms with E-state index in [9.17, 15) is 23.1 Å². The zero-order valence-electron chi connectivity index (χ0n) is 16.1. The lowest BCUT2D eigenvalue weighted by molar-refractivity contribution is -0.246. The van der Waals surface area contributed by atoms with E-state index in [1.54, 1.807) is 42.2 Å². The standard InChI is InChI=1S/C22H19F3N2O3/c1-13-9-16(14-11-26-27(12-14)8-4-7-19(28)29)20-15-5-2-3-6-17(15)21(30,18(20)10-13)22(23,24)25/h2-3,5-6,9-12,30H,4,7-8H2,1H3,(H,28,29)/t21-/m1/s1. The van der Waals surface area contributed by atoms with Crippen molar-refractivity contribution in [3.8, 4) is 22.3 Å². The van der Waals surface area contributed by atoms with Gasteiger partial charge in [0.05, 0.1) is 6.20 Å². The Hall–Kier alpha value is -3.13. The van der Waals surface area contributed by atoms with Gasteiger partial charge in [-0.1, -0.05) is 42.0 Å². The summed E-state index contributed by atoms with van der Waals surface area (Å²) in [7, 11) is 0. The minimum absolute atomic E-state index is 0.00102. The van der Waals surface area contributed by atoms with Gasteiger partial charge in [-0.05, 0) is 30.0 Å². The molecule has 4 rings (SSSR count). The van der Waals surface area contributed by atoms with Crippen molar-refractivity contribution in [2.45, 2.75) is 38.1 Å². The van der Waals surface area contributed by atoms with Crippen molar-refractivity contribution >= 4 is 5.97 Å². The first-order chi connectivity index (χ1) is 14.1. The molecule has 1 aliphatic rings. The molecule has 30 heavy (non-hydrogen) atoms. The molecule has 0 unspecified atom stereocenters. The summed E-state index contributed by atoms with van der Waals surface area (Å²) < 4.78 is 43.8. The number of carbonyl (C=O) groups is 1. The van der Waals surface area contributed by atoms with Crippen LogP contribution in [0.15, 0.2) is 48.8 Å². The highest BCUT2D eigenvalue weighted by Crippen LogP contribution is 2.57. The van der Waals surface area contributed by atoms with Crippen molar-refractivity contribution in [2.75, 3.05) is 0 Å². The maximum Gasteiger partial charge on any atom is 0.425 e. The molecule has 2 N–H and O–H groups in total. The van der Waals surface area contributed by atoms with Crippen molar-refractivity contribution in [3.63, 3.8) is 0 Å². The minimum Gasteiger partial charge on any atom is -0.481 e. The quantitative estimate of drug-likeness (QED) is 0.642. The summed E-state index contributed by atoms with van der Waals surface area (Å²) >= 11 is 0. The monoisotopic (exact) mass is 416 g/mol. The van der Waals surface area contributed by atoms with E-state index in [1.807, 2.05) is 0 Å². The predicted molar refractivity (Wildman–Crippen MR) is 104 cm³/mol. The van der Waals surface area contributed by atoms with Gasteiger partial charge in [0.2, 0.25) is 5.60 Å². The first-order valence-corrected chi connectivity index (χ1v) is 9.41. The second-order valence-electron chi connectivity index (χ2n) is 7.48. The summed E-state index contributed by atoms with van der Waals surface area (Å²) in [5.74, 6) is -0.901. The van der Waals surface area contributed by atoms with Crippen LogP contribution in [-0.2, 0) is 16.9 Å². The third kappa shape index (κ3) is 3.08. The Morgan fingerprint density at radius 1 is 1.17 bits per heavy atom. The number of benzene rings is 2. The number of aromatic nitrogens is 2. The fourth-order valence-electron chi connectivity index (χ4n) is 4.07. The summed E-state index contributed by atoms with van der Waals surface area (Å²) in [4.78, 5) is 10.7. The molecule has 3 aromatic rings. The molecule has 0 aliphatic heterocycles. The van der Waals surface area contributed by atoms with Crippen LogP contribution in [0.3, 0.4) is 0 Å². The van der Waals surface area contributed by atoms with Gasteiger partial charge in [-0.2, -0.15) is 18.3 Å². The number of carboxylic acids is 1. The Kier molecular flexibility index (Phi) is 4.69. The number of aryl methyl sites for hydroxylation is 2. The number of carboxylic acid groups (broad SMARTS) is 1. The summed E-state index contributed by atoms with van der Waals surface area (Å²) in [6.07, 6.45) is -1.27. The van der Waals surface area contributed by atoms with Crippen molar-refractivity contribution in [3.05, 3.63) is 65.5 Å². The average molecular weight is 416 g/mol. The molecule has 156 valence electrons. The van der Waals surface area contributed by atoms with Crippen LogP contribution >= 0.6 is 0 Å². The van der Waals surface area contributed by atoms with E-state index < -0.39 is 17.7 Å². The molecular formula is C22H19F3N2O3. The summed E-state index contributed by atoms with van der Waals surface area (Å²) in [5.41, 5.74) is -1.07. The lowest BCUT2D eigenvalue weighted by Crippen LogP contribution is -2.41. The fourth-order valence-corrected chi connectivity index (χ4v) is 4.07. The molecule has 0 radical (unpaired) electrons. The van der Waals surface area contributed by atoms with E-state index in [-0.39, 0.29) is 17.5 Å². The fraction of sp³-hybridized carbons (Fsp3) is 0.273. The maximum absolute atomic E-state index is 14.1. The Bertz CT molecular complexity index is 1140. The van der Waals surface area contributed by atoms with E-state index in [1.165, 1.54) is 18.2 Å². The van der Waals surface area contributed by atoms with Gasteiger partial charge in [0.1, 0.15) is 0 Å². The summed E-state index contributed by atoms with van der Waals surface area (Å²) in [5, 5.41) is 23.9. The number of rotatable bonds is 5. The largest absolute Gasteiger partial charge is 0.481 e. The van der Waals surface area contributed by atoms with Crippen LogP contribution in [0.4, 0.5) is 13.2 Å². The molecule has 0 saturated carbocycles. The van der Waals surface area contributed by atoms with Crippen LogP contribution in [0.25, 0.3) is 22.3 Å². The highest BCUT2D eigenvalue weighted by Gasteiger charge is 2.61. The van der Waals surface area contributed by atoms with Crippen molar-refractivity contribution in [2.24, 2.45) is 0 Å². The Balaban J connectivity index is 1.86. The van der Waals surface area contributed by atoms with Crippen LogP contribution < -0.4 is 0 Å². The SMILES string of the molecule is Cc1cc(-c2cnn(CCCC(=O)O)c2)c2c(c1)[C@@](O)(C(F)(F)F)c1ccccc1-2. The Morgan fingerprint density at radius 2 is 1.90 bits per heavy atom. The maximum atomic E-state index is 14.1. The molecule has 8 heteroatoms. The molecule has 0 spiro atoms. The number of nitrogens with zero attached hydrogens (tertiary/aromatic N) is 2. The molecule has 1 heterocycles. The number of hydrogen-bond acceptors (Lipinski definition) is 3. The number of aliphatic carboxylic acids is 1. The molecule has 1 atom stereocenters. The first-order valence-electron chi connectivity index (χ1n) is 9.41. The normalized spacial score (nSPS) is 17.6. The molecule has 0 saturated heterocycles. The second-order valence-corrected chi connectivity index (χ2v) is 7.48. The number of fused-ring (bicyclic) bond motifs is 3. The van der Waals surface area contributed by atoms with Gasteiger partial charge in [-0.25, -0.2) is 0 Å². The highest BCUT2D eigenvalue weighted by atomic mass is 19.4. The lowest BCUT2D eigenvalue weighted by atomic mass is 9.88.